The summed E-state index contributed by atoms with van der Waals surface area (Å²) >= 11 is 0. The first-order chi connectivity index (χ1) is 6.85. The lowest BCUT2D eigenvalue weighted by molar-refractivity contribution is 0.111. The molecule has 0 spiro atoms. The van der Waals surface area contributed by atoms with Gasteiger partial charge in [-0.2, -0.15) is 5.10 Å². The van der Waals surface area contributed by atoms with Gasteiger partial charge in [-0.15, -0.1) is 0 Å². The number of aldehydes is 1. The first-order valence-electron chi connectivity index (χ1n) is 4.10. The van der Waals surface area contributed by atoms with E-state index in [-0.39, 0.29) is 12.3 Å². The zero-order chi connectivity index (χ0) is 9.97. The Kier molecular flexibility index (Phi) is 2.19. The Morgan fingerprint density at radius 2 is 2.36 bits per heavy atom. The average Bonchev–Trinajstić information content (AvgIpc) is 2.61. The number of carbonyl (C=O) groups is 1. The largest absolute Gasteiger partial charge is 0.394 e. The number of aliphatic hydroxyl groups is 1. The lowest BCUT2D eigenvalue weighted by atomic mass is 10.4. The van der Waals surface area contributed by atoms with Crippen LogP contribution in [0.1, 0.15) is 10.5 Å². The smallest absolute Gasteiger partial charge is 0.176 e. The molecule has 0 aliphatic rings. The van der Waals surface area contributed by atoms with Crippen molar-refractivity contribution in [2.45, 2.75) is 6.54 Å². The zero-order valence-electron chi connectivity index (χ0n) is 7.29. The maximum atomic E-state index is 10.4. The second kappa shape index (κ2) is 3.51. The van der Waals surface area contributed by atoms with Gasteiger partial charge in [-0.3, -0.25) is 4.79 Å². The summed E-state index contributed by atoms with van der Waals surface area (Å²) in [6.07, 6.45) is 3.53. The van der Waals surface area contributed by atoms with Crippen molar-refractivity contribution in [3.63, 3.8) is 0 Å². The highest BCUT2D eigenvalue weighted by molar-refractivity contribution is 5.77. The van der Waals surface area contributed by atoms with Gasteiger partial charge in [-0.1, -0.05) is 0 Å². The van der Waals surface area contributed by atoms with Crippen molar-refractivity contribution in [2.75, 3.05) is 6.61 Å². The third-order valence-electron chi connectivity index (χ3n) is 1.79. The van der Waals surface area contributed by atoms with Crippen LogP contribution in [-0.4, -0.2) is 37.7 Å². The van der Waals surface area contributed by atoms with Crippen LogP contribution in [0.5, 0.6) is 0 Å². The second-order valence-electron chi connectivity index (χ2n) is 2.71. The van der Waals surface area contributed by atoms with E-state index in [2.05, 4.69) is 15.1 Å². The Morgan fingerprint density at radius 1 is 1.50 bits per heavy atom. The molecule has 0 saturated carbocycles. The van der Waals surface area contributed by atoms with Gasteiger partial charge in [-0.05, 0) is 0 Å². The van der Waals surface area contributed by atoms with Gasteiger partial charge in [0.15, 0.2) is 11.9 Å². The van der Waals surface area contributed by atoms with E-state index >= 15 is 0 Å². The molecule has 0 amide bonds. The van der Waals surface area contributed by atoms with Gasteiger partial charge in [0.25, 0.3) is 0 Å². The van der Waals surface area contributed by atoms with Crippen molar-refractivity contribution >= 4 is 17.5 Å². The number of hydrogen-bond donors (Lipinski definition) is 1. The van der Waals surface area contributed by atoms with E-state index in [4.69, 9.17) is 5.11 Å². The number of aliphatic hydroxyl groups excluding tert-OH is 1. The molecule has 0 saturated heterocycles. The molecule has 0 bridgehead atoms. The van der Waals surface area contributed by atoms with Crippen LogP contribution < -0.4 is 0 Å². The molecular weight excluding hydrogens is 184 g/mol. The molecule has 6 heteroatoms. The van der Waals surface area contributed by atoms with Crippen LogP contribution in [0.25, 0.3) is 11.2 Å². The number of nitrogens with zero attached hydrogens (tertiary/aromatic N) is 4. The van der Waals surface area contributed by atoms with Crippen LogP contribution in [-0.2, 0) is 6.54 Å². The molecule has 0 fully saturated rings. The topological polar surface area (TPSA) is 80.9 Å². The van der Waals surface area contributed by atoms with E-state index in [0.29, 0.717) is 24.0 Å². The van der Waals surface area contributed by atoms with Crippen LogP contribution in [0.3, 0.4) is 0 Å². The minimum atomic E-state index is -0.00606. The van der Waals surface area contributed by atoms with Crippen molar-refractivity contribution < 1.29 is 9.90 Å². The molecule has 2 aromatic rings. The minimum Gasteiger partial charge on any atom is -0.394 e. The maximum absolute atomic E-state index is 10.4. The van der Waals surface area contributed by atoms with Crippen LogP contribution in [0, 0.1) is 0 Å². The van der Waals surface area contributed by atoms with Gasteiger partial charge in [0, 0.05) is 0 Å². The lowest BCUT2D eigenvalue weighted by Crippen LogP contribution is -2.04. The molecule has 2 rings (SSSR count). The molecule has 0 aromatic carbocycles. The fourth-order valence-corrected chi connectivity index (χ4v) is 1.19. The van der Waals surface area contributed by atoms with Crippen molar-refractivity contribution in [1.82, 2.24) is 19.7 Å². The predicted molar refractivity (Wildman–Crippen MR) is 47.8 cm³/mol. The van der Waals surface area contributed by atoms with Crippen molar-refractivity contribution in [3.8, 4) is 0 Å². The average molecular weight is 192 g/mol. The normalized spacial score (nSPS) is 10.6. The Balaban J connectivity index is 2.53. The number of rotatable bonds is 3. The molecule has 2 heterocycles. The Hall–Kier alpha value is -1.82. The number of hydrogen-bond acceptors (Lipinski definition) is 5. The monoisotopic (exact) mass is 192 g/mol. The molecule has 0 unspecified atom stereocenters. The lowest BCUT2D eigenvalue weighted by Gasteiger charge is -1.97. The summed E-state index contributed by atoms with van der Waals surface area (Å²) in [4.78, 5) is 18.4. The highest BCUT2D eigenvalue weighted by atomic mass is 16.3. The van der Waals surface area contributed by atoms with E-state index in [0.717, 1.165) is 0 Å². The summed E-state index contributed by atoms with van der Waals surface area (Å²) in [6, 6.07) is 0. The van der Waals surface area contributed by atoms with Gasteiger partial charge in [0.05, 0.1) is 25.5 Å². The SMILES string of the molecule is O=Cc1cnc2c(cnn2CCO)n1. The Labute approximate surface area is 79.2 Å². The molecule has 0 aliphatic heterocycles. The van der Waals surface area contributed by atoms with Crippen molar-refractivity contribution in [2.24, 2.45) is 0 Å². The van der Waals surface area contributed by atoms with Crippen LogP contribution in [0.15, 0.2) is 12.4 Å². The maximum Gasteiger partial charge on any atom is 0.176 e. The molecule has 14 heavy (non-hydrogen) atoms. The van der Waals surface area contributed by atoms with Gasteiger partial charge in [-0.25, -0.2) is 14.6 Å². The predicted octanol–water partition coefficient (Wildman–Crippen LogP) is -0.369. The van der Waals surface area contributed by atoms with Gasteiger partial charge < -0.3 is 5.11 Å². The molecule has 0 radical (unpaired) electrons. The zero-order valence-corrected chi connectivity index (χ0v) is 7.29. The van der Waals surface area contributed by atoms with Crippen LogP contribution >= 0.6 is 0 Å². The number of carbonyl (C=O) groups excluding carboxylic acids is 1. The van der Waals surface area contributed by atoms with E-state index in [1.54, 1.807) is 0 Å². The van der Waals surface area contributed by atoms with Gasteiger partial charge >= 0.3 is 0 Å². The molecule has 0 atom stereocenters. The second-order valence-corrected chi connectivity index (χ2v) is 2.71. The van der Waals surface area contributed by atoms with E-state index in [1.165, 1.54) is 17.1 Å². The minimum absolute atomic E-state index is 0.00606. The van der Waals surface area contributed by atoms with Crippen LogP contribution in [0.2, 0.25) is 0 Å². The molecular formula is C8H8N4O2. The van der Waals surface area contributed by atoms with E-state index in [9.17, 15) is 4.79 Å². The first-order valence-corrected chi connectivity index (χ1v) is 4.10. The fraction of sp³-hybridized carbons (Fsp3) is 0.250. The number of fused-ring (bicyclic) bond motifs is 1. The molecule has 0 aliphatic carbocycles. The third kappa shape index (κ3) is 1.35. The summed E-state index contributed by atoms with van der Waals surface area (Å²) in [5, 5.41) is 12.7. The first kappa shape index (κ1) is 8.76. The van der Waals surface area contributed by atoms with E-state index < -0.39 is 0 Å². The molecule has 1 N–H and O–H groups in total. The number of aromatic nitrogens is 4. The summed E-state index contributed by atoms with van der Waals surface area (Å²) in [6.45, 7) is 0.368. The standard InChI is InChI=1S/C8H8N4O2/c13-2-1-12-8-7(4-10-12)11-6(5-14)3-9-8/h3-5,13H,1-2H2. The van der Waals surface area contributed by atoms with Gasteiger partial charge in [0.2, 0.25) is 0 Å². The summed E-state index contributed by atoms with van der Waals surface area (Å²) in [7, 11) is 0. The quantitative estimate of drug-likeness (QED) is 0.671. The molecule has 2 aromatic heterocycles. The van der Waals surface area contributed by atoms with Gasteiger partial charge in [0.1, 0.15) is 11.2 Å². The summed E-state index contributed by atoms with van der Waals surface area (Å²) in [5.74, 6) is 0. The summed E-state index contributed by atoms with van der Waals surface area (Å²) in [5.41, 5.74) is 1.41. The fourth-order valence-electron chi connectivity index (χ4n) is 1.19. The van der Waals surface area contributed by atoms with Crippen LogP contribution in [0.4, 0.5) is 0 Å². The Morgan fingerprint density at radius 3 is 3.07 bits per heavy atom. The van der Waals surface area contributed by atoms with E-state index in [1.807, 2.05) is 0 Å². The van der Waals surface area contributed by atoms with Crippen molar-refractivity contribution in [3.05, 3.63) is 18.1 Å². The highest BCUT2D eigenvalue weighted by Gasteiger charge is 2.05. The molecule has 6 nitrogen and oxygen atoms in total. The Bertz CT molecular complexity index is 465. The van der Waals surface area contributed by atoms with Crippen molar-refractivity contribution in [1.29, 1.82) is 0 Å². The highest BCUT2D eigenvalue weighted by Crippen LogP contribution is 2.07. The summed E-state index contributed by atoms with van der Waals surface area (Å²) < 4.78 is 1.54. The molecule has 72 valence electrons. The third-order valence-corrected chi connectivity index (χ3v) is 1.79.